The van der Waals surface area contributed by atoms with Crippen molar-refractivity contribution in [2.75, 3.05) is 12.8 Å². The zero-order valence-electron chi connectivity index (χ0n) is 15.2. The molecule has 0 saturated carbocycles. The van der Waals surface area contributed by atoms with E-state index in [0.717, 1.165) is 36.6 Å². The molecule has 0 saturated heterocycles. The minimum absolute atomic E-state index is 0.0700. The Morgan fingerprint density at radius 3 is 2.59 bits per heavy atom. The first kappa shape index (κ1) is 19.9. The quantitative estimate of drug-likeness (QED) is 0.800. The third-order valence-corrected chi connectivity index (χ3v) is 6.21. The lowest BCUT2D eigenvalue weighted by molar-refractivity contribution is -0.122. The van der Waals surface area contributed by atoms with Crippen LogP contribution >= 0.6 is 11.6 Å². The highest BCUT2D eigenvalue weighted by Gasteiger charge is 2.25. The van der Waals surface area contributed by atoms with Crippen LogP contribution in [0.5, 0.6) is 0 Å². The molecule has 2 aromatic carbocycles. The molecule has 0 unspecified atom stereocenters. The van der Waals surface area contributed by atoms with Gasteiger partial charge >= 0.3 is 0 Å². The molecule has 144 valence electrons. The lowest BCUT2D eigenvalue weighted by Crippen LogP contribution is -2.41. The molecule has 0 heterocycles. The second-order valence-electron chi connectivity index (χ2n) is 6.87. The summed E-state index contributed by atoms with van der Waals surface area (Å²) >= 11 is 5.88. The average molecular weight is 407 g/mol. The lowest BCUT2D eigenvalue weighted by atomic mass is 9.88. The number of carbonyl (C=O) groups is 1. The van der Waals surface area contributed by atoms with E-state index in [4.69, 9.17) is 11.6 Å². The largest absolute Gasteiger partial charge is 0.348 e. The second kappa shape index (κ2) is 8.42. The molecule has 7 heteroatoms. The first-order valence-corrected chi connectivity index (χ1v) is 11.1. The maximum absolute atomic E-state index is 12.6. The maximum atomic E-state index is 12.6. The number of hydrogen-bond acceptors (Lipinski definition) is 3. The number of rotatable bonds is 6. The molecule has 1 atom stereocenters. The van der Waals surface area contributed by atoms with Crippen LogP contribution in [0.25, 0.3) is 0 Å². The number of fused-ring (bicyclic) bond motifs is 1. The van der Waals surface area contributed by atoms with Crippen LogP contribution in [-0.2, 0) is 27.8 Å². The molecule has 1 N–H and O–H groups in total. The Hall–Kier alpha value is -1.89. The zero-order chi connectivity index (χ0) is 19.4. The van der Waals surface area contributed by atoms with Gasteiger partial charge in [-0.15, -0.1) is 0 Å². The fourth-order valence-corrected chi connectivity index (χ4v) is 4.25. The van der Waals surface area contributed by atoms with Crippen LogP contribution in [0.3, 0.4) is 0 Å². The van der Waals surface area contributed by atoms with Crippen LogP contribution in [-0.4, -0.2) is 31.4 Å². The van der Waals surface area contributed by atoms with Crippen molar-refractivity contribution < 1.29 is 13.2 Å². The van der Waals surface area contributed by atoms with Gasteiger partial charge in [-0.1, -0.05) is 48.0 Å². The Morgan fingerprint density at radius 2 is 1.89 bits per heavy atom. The fraction of sp³-hybridized carbons (Fsp3) is 0.350. The number of nitrogens with one attached hydrogen (secondary N) is 1. The summed E-state index contributed by atoms with van der Waals surface area (Å²) < 4.78 is 25.5. The van der Waals surface area contributed by atoms with E-state index >= 15 is 0 Å². The van der Waals surface area contributed by atoms with E-state index in [9.17, 15) is 13.2 Å². The number of nitrogens with zero attached hydrogens (tertiary/aromatic N) is 1. The molecule has 0 aliphatic heterocycles. The van der Waals surface area contributed by atoms with Crippen molar-refractivity contribution in [1.82, 2.24) is 9.62 Å². The summed E-state index contributed by atoms with van der Waals surface area (Å²) in [4.78, 5) is 12.6. The molecule has 0 bridgehead atoms. The van der Waals surface area contributed by atoms with Crippen molar-refractivity contribution in [2.45, 2.75) is 31.8 Å². The van der Waals surface area contributed by atoms with Gasteiger partial charge in [0, 0.05) is 11.6 Å². The van der Waals surface area contributed by atoms with E-state index < -0.39 is 10.0 Å². The van der Waals surface area contributed by atoms with Gasteiger partial charge in [-0.25, -0.2) is 8.42 Å². The van der Waals surface area contributed by atoms with Gasteiger partial charge < -0.3 is 5.32 Å². The molecule has 0 radical (unpaired) electrons. The van der Waals surface area contributed by atoms with Crippen LogP contribution in [0.15, 0.2) is 48.5 Å². The van der Waals surface area contributed by atoms with Crippen molar-refractivity contribution in [2.24, 2.45) is 0 Å². The third-order valence-electron chi connectivity index (χ3n) is 4.77. The monoisotopic (exact) mass is 406 g/mol. The number of aryl methyl sites for hydroxylation is 1. The summed E-state index contributed by atoms with van der Waals surface area (Å²) in [7, 11) is -3.53. The Morgan fingerprint density at radius 1 is 1.19 bits per heavy atom. The van der Waals surface area contributed by atoms with E-state index in [-0.39, 0.29) is 25.0 Å². The van der Waals surface area contributed by atoms with Gasteiger partial charge in [0.25, 0.3) is 0 Å². The highest BCUT2D eigenvalue weighted by atomic mass is 35.5. The molecule has 1 aliphatic carbocycles. The molecule has 0 spiro atoms. The molecular formula is C20H23ClN2O3S. The third kappa shape index (κ3) is 5.31. The van der Waals surface area contributed by atoms with Gasteiger partial charge in [-0.05, 0) is 48.1 Å². The Balaban J connectivity index is 1.69. The fourth-order valence-electron chi connectivity index (χ4n) is 3.39. The number of amides is 1. The number of benzene rings is 2. The summed E-state index contributed by atoms with van der Waals surface area (Å²) in [5, 5.41) is 3.59. The first-order chi connectivity index (χ1) is 12.8. The molecular weight excluding hydrogens is 384 g/mol. The van der Waals surface area contributed by atoms with Gasteiger partial charge in [0.15, 0.2) is 0 Å². The van der Waals surface area contributed by atoms with Crippen molar-refractivity contribution in [3.8, 4) is 0 Å². The molecule has 0 aromatic heterocycles. The molecule has 5 nitrogen and oxygen atoms in total. The van der Waals surface area contributed by atoms with Crippen LogP contribution in [0.1, 0.15) is 35.6 Å². The molecule has 0 fully saturated rings. The topological polar surface area (TPSA) is 66.5 Å². The minimum atomic E-state index is -3.53. The standard InChI is InChI=1S/C20H23ClN2O3S/c1-27(25,26)23(13-15-9-11-17(21)12-10-15)14-20(24)22-19-8-4-6-16-5-2-3-7-18(16)19/h2-3,5,7,9-12,19H,4,6,8,13-14H2,1H3,(H,22,24)/t19-/m1/s1. The molecule has 27 heavy (non-hydrogen) atoms. The molecule has 1 amide bonds. The zero-order valence-corrected chi connectivity index (χ0v) is 16.8. The Labute approximate surface area is 165 Å². The smallest absolute Gasteiger partial charge is 0.235 e. The van der Waals surface area contributed by atoms with Crippen LogP contribution in [0.4, 0.5) is 0 Å². The number of hydrogen-bond donors (Lipinski definition) is 1. The predicted molar refractivity (Wildman–Crippen MR) is 107 cm³/mol. The van der Waals surface area contributed by atoms with Crippen LogP contribution < -0.4 is 5.32 Å². The first-order valence-electron chi connectivity index (χ1n) is 8.89. The highest BCUT2D eigenvalue weighted by molar-refractivity contribution is 7.88. The van der Waals surface area contributed by atoms with Gasteiger partial charge in [0.05, 0.1) is 18.8 Å². The Kier molecular flexibility index (Phi) is 6.19. The van der Waals surface area contributed by atoms with Gasteiger partial charge in [0.2, 0.25) is 15.9 Å². The number of sulfonamides is 1. The average Bonchev–Trinajstić information content (AvgIpc) is 2.62. The van der Waals surface area contributed by atoms with E-state index in [1.54, 1.807) is 24.3 Å². The summed E-state index contributed by atoms with van der Waals surface area (Å²) in [6, 6.07) is 14.9. The summed E-state index contributed by atoms with van der Waals surface area (Å²) in [6.07, 6.45) is 3.99. The van der Waals surface area contributed by atoms with Crippen molar-refractivity contribution in [3.63, 3.8) is 0 Å². The van der Waals surface area contributed by atoms with Gasteiger partial charge in [-0.2, -0.15) is 4.31 Å². The number of halogens is 1. The van der Waals surface area contributed by atoms with Gasteiger partial charge in [0.1, 0.15) is 0 Å². The molecule has 3 rings (SSSR count). The Bertz CT molecular complexity index is 913. The SMILES string of the molecule is CS(=O)(=O)N(CC(=O)N[C@@H]1CCCc2ccccc21)Cc1ccc(Cl)cc1. The van der Waals surface area contributed by atoms with Crippen molar-refractivity contribution >= 4 is 27.5 Å². The van der Waals surface area contributed by atoms with Crippen molar-refractivity contribution in [1.29, 1.82) is 0 Å². The maximum Gasteiger partial charge on any atom is 0.235 e. The summed E-state index contributed by atoms with van der Waals surface area (Å²) in [5.74, 6) is -0.295. The highest BCUT2D eigenvalue weighted by Crippen LogP contribution is 2.29. The van der Waals surface area contributed by atoms with E-state index in [1.165, 1.54) is 9.87 Å². The van der Waals surface area contributed by atoms with Crippen LogP contribution in [0, 0.1) is 0 Å². The summed E-state index contributed by atoms with van der Waals surface area (Å²) in [6.45, 7) is -0.0786. The molecule has 1 aliphatic rings. The molecule has 2 aromatic rings. The minimum Gasteiger partial charge on any atom is -0.348 e. The predicted octanol–water partition coefficient (Wildman–Crippen LogP) is 3.30. The van der Waals surface area contributed by atoms with Crippen LogP contribution in [0.2, 0.25) is 5.02 Å². The lowest BCUT2D eigenvalue weighted by Gasteiger charge is -2.27. The van der Waals surface area contributed by atoms with Crippen molar-refractivity contribution in [3.05, 3.63) is 70.2 Å². The summed E-state index contributed by atoms with van der Waals surface area (Å²) in [5.41, 5.74) is 3.15. The van der Waals surface area contributed by atoms with Gasteiger partial charge in [-0.3, -0.25) is 4.79 Å². The van der Waals surface area contributed by atoms with E-state index in [2.05, 4.69) is 11.4 Å². The van der Waals surface area contributed by atoms with E-state index in [1.807, 2.05) is 18.2 Å². The normalized spacial score (nSPS) is 16.8. The number of carbonyl (C=O) groups excluding carboxylic acids is 1. The van der Waals surface area contributed by atoms with E-state index in [0.29, 0.717) is 5.02 Å². The second-order valence-corrected chi connectivity index (χ2v) is 9.29.